The molecule has 1 aliphatic rings. The third kappa shape index (κ3) is 3.87. The van der Waals surface area contributed by atoms with E-state index in [0.29, 0.717) is 6.61 Å². The summed E-state index contributed by atoms with van der Waals surface area (Å²) >= 11 is 0. The van der Waals surface area contributed by atoms with Crippen LogP contribution < -0.4 is 4.90 Å². The highest BCUT2D eigenvalue weighted by molar-refractivity contribution is 14.0. The molecule has 94 valence electrons. The predicted molar refractivity (Wildman–Crippen MR) is 79.0 cm³/mol. The fourth-order valence-corrected chi connectivity index (χ4v) is 2.11. The van der Waals surface area contributed by atoms with Crippen LogP contribution in [0, 0.1) is 0 Å². The minimum Gasteiger partial charge on any atom is -0.466 e. The van der Waals surface area contributed by atoms with Crippen molar-refractivity contribution < 1.29 is 9.53 Å². The summed E-state index contributed by atoms with van der Waals surface area (Å²) in [4.78, 5) is 13.0. The van der Waals surface area contributed by atoms with Crippen molar-refractivity contribution in [1.82, 2.24) is 0 Å². The summed E-state index contributed by atoms with van der Waals surface area (Å²) in [6.45, 7) is 4.02. The average molecular weight is 347 g/mol. The van der Waals surface area contributed by atoms with Gasteiger partial charge in [-0.3, -0.25) is 4.79 Å². The minimum absolute atomic E-state index is 0. The molecule has 2 rings (SSSR count). The van der Waals surface area contributed by atoms with E-state index in [9.17, 15) is 4.79 Å². The molecule has 0 fully saturated rings. The Labute approximate surface area is 119 Å². The highest BCUT2D eigenvalue weighted by atomic mass is 127. The van der Waals surface area contributed by atoms with Crippen molar-refractivity contribution in [3.8, 4) is 0 Å². The number of para-hydroxylation sites is 1. The van der Waals surface area contributed by atoms with Crippen molar-refractivity contribution in [2.45, 2.75) is 19.8 Å². The molecule has 0 amide bonds. The number of anilines is 1. The molecular weight excluding hydrogens is 329 g/mol. The molecule has 0 atom stereocenters. The van der Waals surface area contributed by atoms with Crippen LogP contribution in [-0.2, 0) is 16.0 Å². The summed E-state index contributed by atoms with van der Waals surface area (Å²) in [7, 11) is 0. The van der Waals surface area contributed by atoms with Gasteiger partial charge < -0.3 is 9.64 Å². The van der Waals surface area contributed by atoms with Crippen LogP contribution in [0.4, 0.5) is 5.69 Å². The van der Waals surface area contributed by atoms with E-state index in [-0.39, 0.29) is 29.9 Å². The van der Waals surface area contributed by atoms with Gasteiger partial charge in [-0.15, -0.1) is 24.0 Å². The van der Waals surface area contributed by atoms with Crippen LogP contribution in [-0.4, -0.2) is 25.7 Å². The van der Waals surface area contributed by atoms with E-state index >= 15 is 0 Å². The zero-order valence-corrected chi connectivity index (χ0v) is 12.3. The number of carbonyl (C=O) groups is 1. The highest BCUT2D eigenvalue weighted by Gasteiger charge is 2.17. The Morgan fingerprint density at radius 3 is 2.94 bits per heavy atom. The van der Waals surface area contributed by atoms with Crippen molar-refractivity contribution in [2.75, 3.05) is 24.6 Å². The molecule has 0 aromatic heterocycles. The van der Waals surface area contributed by atoms with E-state index in [0.717, 1.165) is 25.9 Å². The van der Waals surface area contributed by atoms with Crippen LogP contribution in [0.25, 0.3) is 0 Å². The number of hydrogen-bond donors (Lipinski definition) is 0. The Morgan fingerprint density at radius 1 is 1.41 bits per heavy atom. The van der Waals surface area contributed by atoms with Crippen molar-refractivity contribution in [1.29, 1.82) is 0 Å². The van der Waals surface area contributed by atoms with Gasteiger partial charge in [-0.2, -0.15) is 0 Å². The molecule has 1 heterocycles. The first-order valence-corrected chi connectivity index (χ1v) is 5.73. The summed E-state index contributed by atoms with van der Waals surface area (Å²) < 4.78 is 4.92. The van der Waals surface area contributed by atoms with Crippen LogP contribution in [0.5, 0.6) is 0 Å². The Bertz CT molecular complexity index is 381. The molecule has 4 heteroatoms. The maximum Gasteiger partial charge on any atom is 0.302 e. The lowest BCUT2D eigenvalue weighted by Gasteiger charge is -2.18. The zero-order valence-electron chi connectivity index (χ0n) is 10.0. The number of hydrogen-bond acceptors (Lipinski definition) is 3. The molecule has 0 saturated carbocycles. The Balaban J connectivity index is 0.00000144. The van der Waals surface area contributed by atoms with Crippen molar-refractivity contribution in [3.05, 3.63) is 29.8 Å². The number of carbonyl (C=O) groups excluding carboxylic acids is 1. The first-order chi connectivity index (χ1) is 7.77. The summed E-state index contributed by atoms with van der Waals surface area (Å²) in [5.74, 6) is -0.193. The van der Waals surface area contributed by atoms with Crippen molar-refractivity contribution in [3.63, 3.8) is 0 Å². The molecule has 0 saturated heterocycles. The Hall–Kier alpha value is -0.780. The van der Waals surface area contributed by atoms with Crippen LogP contribution in [0.2, 0.25) is 0 Å². The SMILES string of the molecule is CC(=O)OCCCN1CCc2ccccc21.I. The summed E-state index contributed by atoms with van der Waals surface area (Å²) in [6.07, 6.45) is 2.03. The van der Waals surface area contributed by atoms with Gasteiger partial charge in [0.2, 0.25) is 0 Å². The first kappa shape index (κ1) is 14.3. The van der Waals surface area contributed by atoms with Gasteiger partial charge in [-0.05, 0) is 24.5 Å². The molecule has 3 nitrogen and oxygen atoms in total. The molecule has 1 aromatic carbocycles. The molecular formula is C13H18INO2. The molecule has 0 radical (unpaired) electrons. The van der Waals surface area contributed by atoms with Crippen LogP contribution >= 0.6 is 24.0 Å². The minimum atomic E-state index is -0.193. The smallest absolute Gasteiger partial charge is 0.302 e. The molecule has 0 spiro atoms. The fourth-order valence-electron chi connectivity index (χ4n) is 2.11. The normalized spacial score (nSPS) is 12.9. The number of halogens is 1. The van der Waals surface area contributed by atoms with Gasteiger partial charge >= 0.3 is 5.97 Å². The summed E-state index contributed by atoms with van der Waals surface area (Å²) in [5, 5.41) is 0. The first-order valence-electron chi connectivity index (χ1n) is 5.73. The molecule has 17 heavy (non-hydrogen) atoms. The van der Waals surface area contributed by atoms with Crippen molar-refractivity contribution >= 4 is 35.6 Å². The lowest BCUT2D eigenvalue weighted by molar-refractivity contribution is -0.140. The average Bonchev–Trinajstić information content (AvgIpc) is 2.68. The maximum atomic E-state index is 10.6. The second-order valence-electron chi connectivity index (χ2n) is 4.06. The molecule has 0 aliphatic carbocycles. The second-order valence-corrected chi connectivity index (χ2v) is 4.06. The van der Waals surface area contributed by atoms with Gasteiger partial charge in [0.1, 0.15) is 0 Å². The fraction of sp³-hybridized carbons (Fsp3) is 0.462. The lowest BCUT2D eigenvalue weighted by atomic mass is 10.2. The number of esters is 1. The van der Waals surface area contributed by atoms with E-state index in [1.165, 1.54) is 18.2 Å². The van der Waals surface area contributed by atoms with Gasteiger partial charge in [0.25, 0.3) is 0 Å². The topological polar surface area (TPSA) is 29.5 Å². The predicted octanol–water partition coefficient (Wildman–Crippen LogP) is 2.62. The van der Waals surface area contributed by atoms with E-state index < -0.39 is 0 Å². The number of rotatable bonds is 4. The maximum absolute atomic E-state index is 10.6. The van der Waals surface area contributed by atoms with Crippen LogP contribution in [0.3, 0.4) is 0 Å². The van der Waals surface area contributed by atoms with E-state index in [1.54, 1.807) is 0 Å². The van der Waals surface area contributed by atoms with E-state index in [4.69, 9.17) is 4.74 Å². The van der Waals surface area contributed by atoms with Crippen LogP contribution in [0.15, 0.2) is 24.3 Å². The number of nitrogens with zero attached hydrogens (tertiary/aromatic N) is 1. The van der Waals surface area contributed by atoms with Gasteiger partial charge in [0.15, 0.2) is 0 Å². The van der Waals surface area contributed by atoms with Gasteiger partial charge in [-0.1, -0.05) is 18.2 Å². The molecule has 1 aromatic rings. The van der Waals surface area contributed by atoms with Gasteiger partial charge in [0.05, 0.1) is 6.61 Å². The summed E-state index contributed by atoms with van der Waals surface area (Å²) in [5.41, 5.74) is 2.76. The summed E-state index contributed by atoms with van der Waals surface area (Å²) in [6, 6.07) is 8.50. The van der Waals surface area contributed by atoms with Crippen LogP contribution in [0.1, 0.15) is 18.9 Å². The quantitative estimate of drug-likeness (QED) is 0.476. The van der Waals surface area contributed by atoms with Gasteiger partial charge in [0, 0.05) is 25.7 Å². The third-order valence-electron chi connectivity index (χ3n) is 2.86. The monoisotopic (exact) mass is 347 g/mol. The third-order valence-corrected chi connectivity index (χ3v) is 2.86. The van der Waals surface area contributed by atoms with E-state index in [1.807, 2.05) is 0 Å². The number of fused-ring (bicyclic) bond motifs is 1. The highest BCUT2D eigenvalue weighted by Crippen LogP contribution is 2.27. The largest absolute Gasteiger partial charge is 0.466 e. The van der Waals surface area contributed by atoms with E-state index in [2.05, 4.69) is 29.2 Å². The molecule has 0 bridgehead atoms. The second kappa shape index (κ2) is 6.83. The number of ether oxygens (including phenoxy) is 1. The van der Waals surface area contributed by atoms with Gasteiger partial charge in [-0.25, -0.2) is 0 Å². The Kier molecular flexibility index (Phi) is 5.74. The lowest BCUT2D eigenvalue weighted by Crippen LogP contribution is -2.23. The number of benzene rings is 1. The Morgan fingerprint density at radius 2 is 2.18 bits per heavy atom. The molecule has 0 unspecified atom stereocenters. The van der Waals surface area contributed by atoms with Crippen molar-refractivity contribution in [2.24, 2.45) is 0 Å². The zero-order chi connectivity index (χ0) is 11.4. The molecule has 0 N–H and O–H groups in total. The standard InChI is InChI=1S/C13H17NO2.HI/c1-11(15)16-10-4-8-14-9-7-12-5-2-3-6-13(12)14;/h2-3,5-6H,4,7-10H2,1H3;1H. The molecule has 1 aliphatic heterocycles.